The van der Waals surface area contributed by atoms with E-state index in [9.17, 15) is 9.18 Å². The zero-order chi connectivity index (χ0) is 13.2. The smallest absolute Gasteiger partial charge is 0.345 e. The number of para-hydroxylation sites is 1. The minimum atomic E-state index is -0.533. The van der Waals surface area contributed by atoms with Crippen molar-refractivity contribution >= 4 is 11.0 Å². The molecular weight excluding hydrogens is 249 g/mol. The highest BCUT2D eigenvalue weighted by molar-refractivity contribution is 5.80. The molecule has 0 N–H and O–H groups in total. The molecule has 0 aliphatic carbocycles. The summed E-state index contributed by atoms with van der Waals surface area (Å²) in [6, 6.07) is 8.91. The third-order valence-electron chi connectivity index (χ3n) is 2.77. The topological polar surface area (TPSA) is 60.9 Å². The standard InChI is InChI=1S/C13H10FN3O2/c14-5-6-17-8-11(15-16-17)10-7-9-3-1-2-4-12(9)19-13(10)18/h1-4,7-8H,5-6H2. The molecule has 0 atom stereocenters. The predicted molar refractivity (Wildman–Crippen MR) is 67.5 cm³/mol. The van der Waals surface area contributed by atoms with Gasteiger partial charge >= 0.3 is 5.63 Å². The summed E-state index contributed by atoms with van der Waals surface area (Å²) in [5.41, 5.74) is 0.746. The number of aromatic nitrogens is 3. The van der Waals surface area contributed by atoms with Gasteiger partial charge in [0.15, 0.2) is 0 Å². The molecule has 0 radical (unpaired) electrons. The molecule has 0 amide bonds. The number of alkyl halides is 1. The Hall–Kier alpha value is -2.50. The summed E-state index contributed by atoms with van der Waals surface area (Å²) in [5.74, 6) is 0. The highest BCUT2D eigenvalue weighted by atomic mass is 19.1. The van der Waals surface area contributed by atoms with E-state index in [0.29, 0.717) is 16.8 Å². The molecule has 5 nitrogen and oxygen atoms in total. The maximum absolute atomic E-state index is 12.2. The number of hydrogen-bond acceptors (Lipinski definition) is 4. The molecule has 2 heterocycles. The summed E-state index contributed by atoms with van der Waals surface area (Å²) in [6.45, 7) is -0.416. The van der Waals surface area contributed by atoms with Crippen molar-refractivity contribution in [2.45, 2.75) is 6.54 Å². The van der Waals surface area contributed by atoms with Crippen LogP contribution in [0.5, 0.6) is 0 Å². The van der Waals surface area contributed by atoms with Gasteiger partial charge in [0.25, 0.3) is 0 Å². The second-order valence-electron chi connectivity index (χ2n) is 4.04. The first-order valence-electron chi connectivity index (χ1n) is 5.77. The molecule has 96 valence electrons. The Labute approximate surface area is 107 Å². The quantitative estimate of drug-likeness (QED) is 0.675. The van der Waals surface area contributed by atoms with Gasteiger partial charge in [0, 0.05) is 5.39 Å². The van der Waals surface area contributed by atoms with Gasteiger partial charge in [-0.15, -0.1) is 5.10 Å². The average Bonchev–Trinajstić information content (AvgIpc) is 2.87. The van der Waals surface area contributed by atoms with Crippen molar-refractivity contribution in [3.8, 4) is 11.3 Å². The van der Waals surface area contributed by atoms with Crippen LogP contribution in [0.25, 0.3) is 22.2 Å². The lowest BCUT2D eigenvalue weighted by Crippen LogP contribution is -2.02. The number of benzene rings is 1. The van der Waals surface area contributed by atoms with Crippen LogP contribution in [0.1, 0.15) is 0 Å². The lowest BCUT2D eigenvalue weighted by Gasteiger charge is -1.98. The molecular formula is C13H10FN3O2. The summed E-state index contributed by atoms with van der Waals surface area (Å²) in [7, 11) is 0. The van der Waals surface area contributed by atoms with Gasteiger partial charge < -0.3 is 4.42 Å². The van der Waals surface area contributed by atoms with Gasteiger partial charge in [-0.1, -0.05) is 23.4 Å². The largest absolute Gasteiger partial charge is 0.422 e. The van der Waals surface area contributed by atoms with E-state index >= 15 is 0 Å². The maximum Gasteiger partial charge on any atom is 0.345 e. The van der Waals surface area contributed by atoms with E-state index in [4.69, 9.17) is 4.42 Å². The van der Waals surface area contributed by atoms with Crippen molar-refractivity contribution in [1.29, 1.82) is 0 Å². The van der Waals surface area contributed by atoms with E-state index in [1.54, 1.807) is 18.2 Å². The van der Waals surface area contributed by atoms with Crippen LogP contribution < -0.4 is 5.63 Å². The number of fused-ring (bicyclic) bond motifs is 1. The lowest BCUT2D eigenvalue weighted by molar-refractivity contribution is 0.422. The molecule has 0 spiro atoms. The van der Waals surface area contributed by atoms with E-state index in [-0.39, 0.29) is 6.54 Å². The molecule has 2 aromatic heterocycles. The van der Waals surface area contributed by atoms with Gasteiger partial charge in [-0.3, -0.25) is 0 Å². The monoisotopic (exact) mass is 259 g/mol. The van der Waals surface area contributed by atoms with Gasteiger partial charge in [-0.2, -0.15) is 0 Å². The first-order valence-corrected chi connectivity index (χ1v) is 5.77. The summed E-state index contributed by atoms with van der Waals surface area (Å²) < 4.78 is 18.8. The van der Waals surface area contributed by atoms with Gasteiger partial charge in [-0.05, 0) is 12.1 Å². The van der Waals surface area contributed by atoms with Gasteiger partial charge in [0.05, 0.1) is 18.3 Å². The Bertz CT molecular complexity index is 779. The van der Waals surface area contributed by atoms with Crippen LogP contribution in [0.4, 0.5) is 4.39 Å². The zero-order valence-corrected chi connectivity index (χ0v) is 9.91. The second-order valence-corrected chi connectivity index (χ2v) is 4.04. The fourth-order valence-electron chi connectivity index (χ4n) is 1.86. The highest BCUT2D eigenvalue weighted by Crippen LogP contribution is 2.18. The maximum atomic E-state index is 12.2. The molecule has 1 aromatic carbocycles. The fraction of sp³-hybridized carbons (Fsp3) is 0.154. The molecule has 0 aliphatic heterocycles. The third kappa shape index (κ3) is 2.12. The van der Waals surface area contributed by atoms with E-state index in [1.807, 2.05) is 12.1 Å². The fourth-order valence-corrected chi connectivity index (χ4v) is 1.86. The lowest BCUT2D eigenvalue weighted by atomic mass is 10.1. The Morgan fingerprint density at radius 1 is 1.32 bits per heavy atom. The van der Waals surface area contributed by atoms with Crippen LogP contribution in [0, 0.1) is 0 Å². The summed E-state index contributed by atoms with van der Waals surface area (Å²) in [5, 5.41) is 8.41. The van der Waals surface area contributed by atoms with E-state index in [2.05, 4.69) is 10.3 Å². The first-order chi connectivity index (χ1) is 9.28. The van der Waals surface area contributed by atoms with Crippen LogP contribution in [0.15, 0.2) is 45.7 Å². The molecule has 3 rings (SSSR count). The number of aryl methyl sites for hydroxylation is 1. The van der Waals surface area contributed by atoms with E-state index < -0.39 is 12.3 Å². The highest BCUT2D eigenvalue weighted by Gasteiger charge is 2.11. The van der Waals surface area contributed by atoms with Crippen LogP contribution in [0.2, 0.25) is 0 Å². The number of hydrogen-bond donors (Lipinski definition) is 0. The Kier molecular flexibility index (Phi) is 2.83. The predicted octanol–water partition coefficient (Wildman–Crippen LogP) is 2.02. The molecule has 0 saturated carbocycles. The minimum Gasteiger partial charge on any atom is -0.422 e. The van der Waals surface area contributed by atoms with Gasteiger partial charge in [0.2, 0.25) is 0 Å². The SMILES string of the molecule is O=c1oc2ccccc2cc1-c1cn(CCF)nn1. The van der Waals surface area contributed by atoms with Crippen molar-refractivity contribution in [2.75, 3.05) is 6.67 Å². The molecule has 0 fully saturated rings. The molecule has 0 saturated heterocycles. The van der Waals surface area contributed by atoms with Gasteiger partial charge in [0.1, 0.15) is 18.0 Å². The summed E-state index contributed by atoms with van der Waals surface area (Å²) >= 11 is 0. The normalized spacial score (nSPS) is 11.0. The molecule has 6 heteroatoms. The molecule has 0 aliphatic rings. The van der Waals surface area contributed by atoms with Gasteiger partial charge in [-0.25, -0.2) is 13.9 Å². The second kappa shape index (κ2) is 4.64. The van der Waals surface area contributed by atoms with Crippen molar-refractivity contribution in [1.82, 2.24) is 15.0 Å². The summed E-state index contributed by atoms with van der Waals surface area (Å²) in [6.07, 6.45) is 1.53. The van der Waals surface area contributed by atoms with Crippen molar-refractivity contribution in [3.63, 3.8) is 0 Å². The van der Waals surface area contributed by atoms with Crippen LogP contribution in [0.3, 0.4) is 0 Å². The molecule has 0 unspecified atom stereocenters. The molecule has 3 aromatic rings. The van der Waals surface area contributed by atoms with Crippen molar-refractivity contribution in [2.24, 2.45) is 0 Å². The van der Waals surface area contributed by atoms with Crippen molar-refractivity contribution in [3.05, 3.63) is 46.9 Å². The summed E-state index contributed by atoms with van der Waals surface area (Å²) in [4.78, 5) is 11.9. The van der Waals surface area contributed by atoms with Crippen LogP contribution in [-0.4, -0.2) is 21.7 Å². The Balaban J connectivity index is 2.13. The van der Waals surface area contributed by atoms with Crippen LogP contribution >= 0.6 is 0 Å². The van der Waals surface area contributed by atoms with E-state index in [0.717, 1.165) is 5.39 Å². The van der Waals surface area contributed by atoms with Crippen molar-refractivity contribution < 1.29 is 8.81 Å². The average molecular weight is 259 g/mol. The Morgan fingerprint density at radius 2 is 2.16 bits per heavy atom. The Morgan fingerprint density at radius 3 is 3.00 bits per heavy atom. The number of halogens is 1. The molecule has 19 heavy (non-hydrogen) atoms. The first kappa shape index (κ1) is 11.6. The number of nitrogens with zero attached hydrogens (tertiary/aromatic N) is 3. The minimum absolute atomic E-state index is 0.117. The van der Waals surface area contributed by atoms with Crippen LogP contribution in [-0.2, 0) is 6.54 Å². The number of rotatable bonds is 3. The van der Waals surface area contributed by atoms with E-state index in [1.165, 1.54) is 10.9 Å². The third-order valence-corrected chi connectivity index (χ3v) is 2.77. The molecule has 0 bridgehead atoms. The zero-order valence-electron chi connectivity index (χ0n) is 9.91.